The van der Waals surface area contributed by atoms with Crippen LogP contribution in [0.1, 0.15) is 34.7 Å². The van der Waals surface area contributed by atoms with Gasteiger partial charge in [0, 0.05) is 30.9 Å². The molecule has 5 rings (SSSR count). The third-order valence-electron chi connectivity index (χ3n) is 5.69. The summed E-state index contributed by atoms with van der Waals surface area (Å²) in [6, 6.07) is 6.89. The molecule has 0 N–H and O–H groups in total. The fraction of sp³-hybridized carbons (Fsp3) is 0.238. The number of halogens is 3. The molecule has 0 spiro atoms. The predicted octanol–water partition coefficient (Wildman–Crippen LogP) is 3.31. The van der Waals surface area contributed by atoms with Crippen molar-refractivity contribution in [2.45, 2.75) is 19.4 Å². The van der Waals surface area contributed by atoms with Gasteiger partial charge in [-0.05, 0) is 37.6 Å². The van der Waals surface area contributed by atoms with E-state index >= 15 is 0 Å². The van der Waals surface area contributed by atoms with Crippen LogP contribution in [0, 0.1) is 17.5 Å². The molecule has 158 valence electrons. The maximum atomic E-state index is 13.8. The van der Waals surface area contributed by atoms with Crippen molar-refractivity contribution in [3.63, 3.8) is 0 Å². The van der Waals surface area contributed by atoms with E-state index in [0.717, 1.165) is 17.7 Å². The number of pyridine rings is 1. The van der Waals surface area contributed by atoms with Crippen LogP contribution in [0.3, 0.4) is 0 Å². The van der Waals surface area contributed by atoms with Gasteiger partial charge >= 0.3 is 0 Å². The second-order valence-corrected chi connectivity index (χ2v) is 7.48. The largest absolute Gasteiger partial charge is 0.328 e. The molecule has 0 unspecified atom stereocenters. The number of carbonyl (C=O) groups is 1. The van der Waals surface area contributed by atoms with Gasteiger partial charge in [0.1, 0.15) is 0 Å². The van der Waals surface area contributed by atoms with Gasteiger partial charge in [-0.25, -0.2) is 17.7 Å². The number of aromatic nitrogens is 5. The molecule has 1 aliphatic rings. The van der Waals surface area contributed by atoms with E-state index in [1.54, 1.807) is 36.3 Å². The van der Waals surface area contributed by atoms with Crippen molar-refractivity contribution < 1.29 is 18.0 Å². The molecule has 0 saturated carbocycles. The molecule has 31 heavy (non-hydrogen) atoms. The molecule has 0 fully saturated rings. The van der Waals surface area contributed by atoms with E-state index in [9.17, 15) is 18.0 Å². The SMILES string of the molecule is C[C@H]1c2nn(C)c(-c3cc(F)c(F)c(F)c3)c2CCN1C(=O)c1nnn2ccccc12. The lowest BCUT2D eigenvalue weighted by molar-refractivity contribution is 0.0669. The molecule has 0 aliphatic carbocycles. The fourth-order valence-electron chi connectivity index (χ4n) is 4.21. The molecule has 1 amide bonds. The first-order valence-corrected chi connectivity index (χ1v) is 9.68. The summed E-state index contributed by atoms with van der Waals surface area (Å²) in [7, 11) is 1.65. The minimum Gasteiger partial charge on any atom is -0.328 e. The van der Waals surface area contributed by atoms with Gasteiger partial charge in [-0.3, -0.25) is 9.48 Å². The van der Waals surface area contributed by atoms with Crippen molar-refractivity contribution in [1.29, 1.82) is 0 Å². The highest BCUT2D eigenvalue weighted by Gasteiger charge is 2.35. The van der Waals surface area contributed by atoms with Gasteiger partial charge in [-0.1, -0.05) is 11.3 Å². The van der Waals surface area contributed by atoms with Gasteiger partial charge in [0.15, 0.2) is 23.1 Å². The third-order valence-corrected chi connectivity index (χ3v) is 5.69. The van der Waals surface area contributed by atoms with Crippen molar-refractivity contribution in [1.82, 2.24) is 29.5 Å². The van der Waals surface area contributed by atoms with E-state index < -0.39 is 23.5 Å². The van der Waals surface area contributed by atoms with Gasteiger partial charge < -0.3 is 4.90 Å². The summed E-state index contributed by atoms with van der Waals surface area (Å²) < 4.78 is 44.1. The average Bonchev–Trinajstić information content (AvgIpc) is 3.32. The average molecular weight is 426 g/mol. The van der Waals surface area contributed by atoms with Crippen molar-refractivity contribution >= 4 is 11.4 Å². The number of rotatable bonds is 2. The predicted molar refractivity (Wildman–Crippen MR) is 105 cm³/mol. The second kappa shape index (κ2) is 6.93. The van der Waals surface area contributed by atoms with Crippen LogP contribution in [0.5, 0.6) is 0 Å². The Labute approximate surface area is 174 Å². The Balaban J connectivity index is 1.53. The maximum absolute atomic E-state index is 13.8. The molecule has 1 aliphatic heterocycles. The summed E-state index contributed by atoms with van der Waals surface area (Å²) in [5, 5.41) is 12.5. The Bertz CT molecular complexity index is 1320. The first-order valence-electron chi connectivity index (χ1n) is 9.68. The van der Waals surface area contributed by atoms with E-state index in [4.69, 9.17) is 0 Å². The molecule has 10 heteroatoms. The number of aryl methyl sites for hydroxylation is 1. The molecular formula is C21H17F3N6O. The normalized spacial score (nSPS) is 16.0. The van der Waals surface area contributed by atoms with Crippen LogP contribution in [0.4, 0.5) is 13.2 Å². The highest BCUT2D eigenvalue weighted by Crippen LogP contribution is 2.36. The van der Waals surface area contributed by atoms with Crippen LogP contribution < -0.4 is 0 Å². The zero-order chi connectivity index (χ0) is 21.9. The highest BCUT2D eigenvalue weighted by molar-refractivity contribution is 5.99. The lowest BCUT2D eigenvalue weighted by Crippen LogP contribution is -2.39. The van der Waals surface area contributed by atoms with Crippen molar-refractivity contribution in [2.75, 3.05) is 6.54 Å². The number of carbonyl (C=O) groups excluding carboxylic acids is 1. The van der Waals surface area contributed by atoms with Crippen molar-refractivity contribution in [3.8, 4) is 11.3 Å². The number of nitrogens with zero attached hydrogens (tertiary/aromatic N) is 6. The minimum atomic E-state index is -1.51. The summed E-state index contributed by atoms with van der Waals surface area (Å²) in [4.78, 5) is 14.9. The van der Waals surface area contributed by atoms with Crippen LogP contribution in [-0.4, -0.2) is 42.0 Å². The number of hydrogen-bond donors (Lipinski definition) is 0. The lowest BCUT2D eigenvalue weighted by atomic mass is 9.95. The van der Waals surface area contributed by atoms with E-state index in [0.29, 0.717) is 29.9 Å². The molecule has 0 bridgehead atoms. The number of fused-ring (bicyclic) bond motifs is 2. The van der Waals surface area contributed by atoms with Crippen LogP contribution in [0.2, 0.25) is 0 Å². The Morgan fingerprint density at radius 2 is 1.90 bits per heavy atom. The second-order valence-electron chi connectivity index (χ2n) is 7.48. The first kappa shape index (κ1) is 19.3. The first-order chi connectivity index (χ1) is 14.9. The molecule has 0 radical (unpaired) electrons. The number of benzene rings is 1. The Hall–Kier alpha value is -3.69. The number of amides is 1. The highest BCUT2D eigenvalue weighted by atomic mass is 19.2. The quantitative estimate of drug-likeness (QED) is 0.462. The Morgan fingerprint density at radius 1 is 1.16 bits per heavy atom. The molecule has 3 aromatic heterocycles. The zero-order valence-corrected chi connectivity index (χ0v) is 16.7. The molecule has 4 aromatic rings. The van der Waals surface area contributed by atoms with Gasteiger partial charge in [0.05, 0.1) is 22.9 Å². The van der Waals surface area contributed by atoms with Gasteiger partial charge in [-0.15, -0.1) is 5.10 Å². The molecule has 0 saturated heterocycles. The Morgan fingerprint density at radius 3 is 2.65 bits per heavy atom. The Kier molecular flexibility index (Phi) is 4.31. The summed E-state index contributed by atoms with van der Waals surface area (Å²) in [5.41, 5.74) is 2.94. The lowest BCUT2D eigenvalue weighted by Gasteiger charge is -2.32. The van der Waals surface area contributed by atoms with Crippen LogP contribution >= 0.6 is 0 Å². The van der Waals surface area contributed by atoms with E-state index in [1.807, 2.05) is 6.92 Å². The zero-order valence-electron chi connectivity index (χ0n) is 16.7. The van der Waals surface area contributed by atoms with Crippen molar-refractivity contribution in [3.05, 3.63) is 70.9 Å². The fourth-order valence-corrected chi connectivity index (χ4v) is 4.21. The molecule has 4 heterocycles. The monoisotopic (exact) mass is 426 g/mol. The standard InChI is InChI=1S/C21H17F3N6O/c1-11-18-13(20(28(2)26-18)12-9-14(22)17(24)15(23)10-12)6-8-29(11)21(31)19-16-5-3-4-7-30(16)27-25-19/h3-5,7,9-11H,6,8H2,1-2H3/t11-/m0/s1. The molecule has 7 nitrogen and oxygen atoms in total. The van der Waals surface area contributed by atoms with Gasteiger partial charge in [-0.2, -0.15) is 5.10 Å². The third kappa shape index (κ3) is 2.89. The van der Waals surface area contributed by atoms with Gasteiger partial charge in [0.2, 0.25) is 0 Å². The van der Waals surface area contributed by atoms with Crippen LogP contribution in [0.15, 0.2) is 36.5 Å². The van der Waals surface area contributed by atoms with E-state index in [1.165, 1.54) is 9.20 Å². The topological polar surface area (TPSA) is 68.3 Å². The molecule has 1 atom stereocenters. The summed E-state index contributed by atoms with van der Waals surface area (Å²) in [5.74, 6) is -4.30. The minimum absolute atomic E-state index is 0.198. The van der Waals surface area contributed by atoms with E-state index in [-0.39, 0.29) is 17.2 Å². The van der Waals surface area contributed by atoms with Crippen LogP contribution in [-0.2, 0) is 13.5 Å². The molecular weight excluding hydrogens is 409 g/mol. The van der Waals surface area contributed by atoms with Crippen LogP contribution in [0.25, 0.3) is 16.8 Å². The van der Waals surface area contributed by atoms with E-state index in [2.05, 4.69) is 15.4 Å². The van der Waals surface area contributed by atoms with Crippen molar-refractivity contribution in [2.24, 2.45) is 7.05 Å². The summed E-state index contributed by atoms with van der Waals surface area (Å²) >= 11 is 0. The maximum Gasteiger partial charge on any atom is 0.277 e. The summed E-state index contributed by atoms with van der Waals surface area (Å²) in [6.07, 6.45) is 2.14. The summed E-state index contributed by atoms with van der Waals surface area (Å²) in [6.45, 7) is 2.20. The molecule has 1 aromatic carbocycles. The van der Waals surface area contributed by atoms with Gasteiger partial charge in [0.25, 0.3) is 5.91 Å². The smallest absolute Gasteiger partial charge is 0.277 e. The number of hydrogen-bond acceptors (Lipinski definition) is 4.